The molecule has 0 saturated heterocycles. The van der Waals surface area contributed by atoms with Crippen molar-refractivity contribution >= 4 is 34.9 Å². The van der Waals surface area contributed by atoms with Crippen molar-refractivity contribution in [3.63, 3.8) is 0 Å². The summed E-state index contributed by atoms with van der Waals surface area (Å²) in [6.07, 6.45) is 4.07. The van der Waals surface area contributed by atoms with Gasteiger partial charge in [-0.05, 0) is 42.3 Å². The van der Waals surface area contributed by atoms with E-state index in [-0.39, 0.29) is 5.91 Å². The summed E-state index contributed by atoms with van der Waals surface area (Å²) in [7, 11) is 1.64. The van der Waals surface area contributed by atoms with E-state index in [4.69, 9.17) is 16.3 Å². The molecule has 0 radical (unpaired) electrons. The summed E-state index contributed by atoms with van der Waals surface area (Å²) in [6, 6.07) is 11.5. The Morgan fingerprint density at radius 2 is 2.05 bits per heavy atom. The van der Waals surface area contributed by atoms with Gasteiger partial charge in [-0.25, -0.2) is 0 Å². The highest BCUT2D eigenvalue weighted by Gasteiger charge is 1.98. The molecule has 3 nitrogen and oxygen atoms in total. The zero-order valence-corrected chi connectivity index (χ0v) is 13.2. The summed E-state index contributed by atoms with van der Waals surface area (Å²) >= 11 is 7.26. The van der Waals surface area contributed by atoms with E-state index < -0.39 is 0 Å². The summed E-state index contributed by atoms with van der Waals surface area (Å²) < 4.78 is 5.82. The second kappa shape index (κ2) is 7.86. The number of rotatable bonds is 6. The van der Waals surface area contributed by atoms with Gasteiger partial charge < -0.3 is 10.1 Å². The van der Waals surface area contributed by atoms with Crippen molar-refractivity contribution in [2.24, 2.45) is 0 Å². The van der Waals surface area contributed by atoms with E-state index in [0.717, 1.165) is 26.9 Å². The Hall–Kier alpha value is -1.78. The van der Waals surface area contributed by atoms with Crippen molar-refractivity contribution in [3.8, 4) is 5.75 Å². The molecule has 5 heteroatoms. The van der Waals surface area contributed by atoms with E-state index in [2.05, 4.69) is 5.32 Å². The maximum atomic E-state index is 11.7. The molecule has 0 aliphatic rings. The largest absolute Gasteiger partial charge is 0.497 e. The quantitative estimate of drug-likeness (QED) is 0.822. The molecule has 2 rings (SSSR count). The minimum atomic E-state index is -0.104. The molecule has 0 spiro atoms. The molecule has 0 bridgehead atoms. The lowest BCUT2D eigenvalue weighted by Gasteiger charge is -2.04. The first-order valence-electron chi connectivity index (χ1n) is 6.51. The standard InChI is InChI=1S/C16H16ClNO2S/c1-20-13-4-2-12(3-5-13)10-11-18-16(19)9-7-14-6-8-15(17)21-14/h2-9H,10-11H2,1H3,(H,18,19)/b9-7+. The fraction of sp³-hybridized carbons (Fsp3) is 0.188. The van der Waals surface area contributed by atoms with Crippen molar-refractivity contribution in [1.29, 1.82) is 0 Å². The normalized spacial score (nSPS) is 10.8. The molecule has 1 heterocycles. The third kappa shape index (κ3) is 5.25. The maximum Gasteiger partial charge on any atom is 0.244 e. The van der Waals surface area contributed by atoms with Gasteiger partial charge in [0.15, 0.2) is 0 Å². The fourth-order valence-corrected chi connectivity index (χ4v) is 2.72. The number of benzene rings is 1. The molecular weight excluding hydrogens is 306 g/mol. The Morgan fingerprint density at radius 1 is 1.29 bits per heavy atom. The van der Waals surface area contributed by atoms with E-state index in [9.17, 15) is 4.79 Å². The van der Waals surface area contributed by atoms with Gasteiger partial charge >= 0.3 is 0 Å². The topological polar surface area (TPSA) is 38.3 Å². The number of ether oxygens (including phenoxy) is 1. The fourth-order valence-electron chi connectivity index (χ4n) is 1.76. The molecule has 0 unspecified atom stereocenters. The van der Waals surface area contributed by atoms with Crippen LogP contribution in [0.5, 0.6) is 5.75 Å². The number of halogens is 1. The van der Waals surface area contributed by atoms with Crippen molar-refractivity contribution in [1.82, 2.24) is 5.32 Å². The molecule has 0 aliphatic carbocycles. The first-order chi connectivity index (χ1) is 10.2. The summed E-state index contributed by atoms with van der Waals surface area (Å²) in [6.45, 7) is 0.598. The monoisotopic (exact) mass is 321 g/mol. The van der Waals surface area contributed by atoms with Gasteiger partial charge in [0.05, 0.1) is 11.4 Å². The number of carbonyl (C=O) groups excluding carboxylic acids is 1. The minimum absolute atomic E-state index is 0.104. The van der Waals surface area contributed by atoms with Crippen molar-refractivity contribution in [2.45, 2.75) is 6.42 Å². The lowest BCUT2D eigenvalue weighted by atomic mass is 10.1. The van der Waals surface area contributed by atoms with Gasteiger partial charge in [-0.1, -0.05) is 23.7 Å². The van der Waals surface area contributed by atoms with Crippen LogP contribution in [0.25, 0.3) is 6.08 Å². The molecule has 1 N–H and O–H groups in total. The van der Waals surface area contributed by atoms with E-state index in [1.54, 1.807) is 13.2 Å². The van der Waals surface area contributed by atoms with E-state index in [0.29, 0.717) is 6.54 Å². The summed E-state index contributed by atoms with van der Waals surface area (Å²) in [5, 5.41) is 2.85. The van der Waals surface area contributed by atoms with Crippen LogP contribution in [0.15, 0.2) is 42.5 Å². The summed E-state index contributed by atoms with van der Waals surface area (Å²) in [4.78, 5) is 12.6. The summed E-state index contributed by atoms with van der Waals surface area (Å²) in [5.74, 6) is 0.730. The first kappa shape index (κ1) is 15.6. The molecule has 0 saturated carbocycles. The predicted octanol–water partition coefficient (Wildman–Crippen LogP) is 3.78. The molecule has 1 aromatic carbocycles. The third-order valence-electron chi connectivity index (χ3n) is 2.86. The minimum Gasteiger partial charge on any atom is -0.497 e. The van der Waals surface area contributed by atoms with Gasteiger partial charge in [-0.3, -0.25) is 4.79 Å². The predicted molar refractivity (Wildman–Crippen MR) is 88.1 cm³/mol. The Morgan fingerprint density at radius 3 is 2.67 bits per heavy atom. The zero-order chi connectivity index (χ0) is 15.1. The Labute approximate surface area is 133 Å². The number of hydrogen-bond acceptors (Lipinski definition) is 3. The van der Waals surface area contributed by atoms with E-state index in [1.165, 1.54) is 17.4 Å². The molecule has 0 fully saturated rings. The number of carbonyl (C=O) groups is 1. The van der Waals surface area contributed by atoms with Crippen LogP contribution in [0.1, 0.15) is 10.4 Å². The SMILES string of the molecule is COc1ccc(CCNC(=O)/C=C/c2ccc(Cl)s2)cc1. The Balaban J connectivity index is 1.74. The van der Waals surface area contributed by atoms with Crippen LogP contribution < -0.4 is 10.1 Å². The van der Waals surface area contributed by atoms with Gasteiger partial charge in [0, 0.05) is 17.5 Å². The number of methoxy groups -OCH3 is 1. The van der Waals surface area contributed by atoms with Crippen molar-refractivity contribution in [2.75, 3.05) is 13.7 Å². The highest BCUT2D eigenvalue weighted by atomic mass is 35.5. The van der Waals surface area contributed by atoms with Crippen LogP contribution >= 0.6 is 22.9 Å². The van der Waals surface area contributed by atoms with Gasteiger partial charge in [-0.2, -0.15) is 0 Å². The Kier molecular flexibility index (Phi) is 5.84. The van der Waals surface area contributed by atoms with Crippen LogP contribution in [0.2, 0.25) is 4.34 Å². The van der Waals surface area contributed by atoms with Crippen molar-refractivity contribution in [3.05, 3.63) is 57.3 Å². The van der Waals surface area contributed by atoms with Gasteiger partial charge in [0.1, 0.15) is 5.75 Å². The second-order valence-corrected chi connectivity index (χ2v) is 6.11. The van der Waals surface area contributed by atoms with Crippen molar-refractivity contribution < 1.29 is 9.53 Å². The van der Waals surface area contributed by atoms with Crippen LogP contribution in [-0.2, 0) is 11.2 Å². The highest BCUT2D eigenvalue weighted by Crippen LogP contribution is 2.22. The smallest absolute Gasteiger partial charge is 0.244 e. The molecule has 21 heavy (non-hydrogen) atoms. The first-order valence-corrected chi connectivity index (χ1v) is 7.71. The second-order valence-electron chi connectivity index (χ2n) is 4.36. The lowest BCUT2D eigenvalue weighted by Crippen LogP contribution is -2.23. The average molecular weight is 322 g/mol. The molecule has 1 amide bonds. The van der Waals surface area contributed by atoms with E-state index in [1.807, 2.05) is 36.4 Å². The number of hydrogen-bond donors (Lipinski definition) is 1. The highest BCUT2D eigenvalue weighted by molar-refractivity contribution is 7.17. The number of amides is 1. The number of nitrogens with one attached hydrogen (secondary N) is 1. The maximum absolute atomic E-state index is 11.7. The molecule has 110 valence electrons. The third-order valence-corrected chi connectivity index (χ3v) is 4.06. The molecular formula is C16H16ClNO2S. The van der Waals surface area contributed by atoms with Gasteiger partial charge in [0.25, 0.3) is 0 Å². The van der Waals surface area contributed by atoms with Gasteiger partial charge in [0.2, 0.25) is 5.91 Å². The lowest BCUT2D eigenvalue weighted by molar-refractivity contribution is -0.116. The van der Waals surface area contributed by atoms with Crippen LogP contribution in [0, 0.1) is 0 Å². The molecule has 1 aromatic heterocycles. The summed E-state index contributed by atoms with van der Waals surface area (Å²) in [5.41, 5.74) is 1.16. The van der Waals surface area contributed by atoms with Gasteiger partial charge in [-0.15, -0.1) is 11.3 Å². The van der Waals surface area contributed by atoms with Crippen LogP contribution in [0.3, 0.4) is 0 Å². The average Bonchev–Trinajstić information content (AvgIpc) is 2.91. The van der Waals surface area contributed by atoms with E-state index >= 15 is 0 Å². The molecule has 2 aromatic rings. The molecule has 0 aliphatic heterocycles. The molecule has 0 atom stereocenters. The Bertz CT molecular complexity index is 619. The number of thiophene rings is 1. The zero-order valence-electron chi connectivity index (χ0n) is 11.6. The van der Waals surface area contributed by atoms with Crippen LogP contribution in [-0.4, -0.2) is 19.6 Å². The van der Waals surface area contributed by atoms with Crippen LogP contribution in [0.4, 0.5) is 0 Å².